The van der Waals surface area contributed by atoms with Crippen LogP contribution in [-0.2, 0) is 4.74 Å². The summed E-state index contributed by atoms with van der Waals surface area (Å²) < 4.78 is 5.59. The van der Waals surface area contributed by atoms with Crippen molar-refractivity contribution in [3.8, 4) is 0 Å². The van der Waals surface area contributed by atoms with Crippen molar-refractivity contribution in [1.29, 1.82) is 0 Å². The largest absolute Gasteiger partial charge is 0.378 e. The molecular weight excluding hydrogens is 174 g/mol. The average molecular weight is 197 g/mol. The molecule has 1 heterocycles. The summed E-state index contributed by atoms with van der Waals surface area (Å²) >= 11 is 0. The monoisotopic (exact) mass is 197 g/mol. The Bertz CT molecular complexity index is 162. The maximum absolute atomic E-state index is 5.59. The minimum atomic E-state index is 0.552. The van der Waals surface area contributed by atoms with Gasteiger partial charge in [-0.3, -0.25) is 0 Å². The van der Waals surface area contributed by atoms with Gasteiger partial charge in [0.25, 0.3) is 0 Å². The molecule has 82 valence electrons. The van der Waals surface area contributed by atoms with Crippen molar-refractivity contribution in [2.75, 3.05) is 13.2 Å². The number of rotatable bonds is 6. The molecule has 1 aliphatic carbocycles. The van der Waals surface area contributed by atoms with Crippen molar-refractivity contribution in [2.45, 2.75) is 57.6 Å². The molecule has 2 atom stereocenters. The van der Waals surface area contributed by atoms with Gasteiger partial charge in [0.05, 0.1) is 6.10 Å². The van der Waals surface area contributed by atoms with Gasteiger partial charge in [-0.2, -0.15) is 0 Å². The molecule has 0 amide bonds. The number of ether oxygens (including phenoxy) is 1. The summed E-state index contributed by atoms with van der Waals surface area (Å²) in [7, 11) is 0. The summed E-state index contributed by atoms with van der Waals surface area (Å²) in [5.74, 6) is 1.04. The van der Waals surface area contributed by atoms with Crippen LogP contribution in [0.5, 0.6) is 0 Å². The third-order valence-electron chi connectivity index (χ3n) is 3.37. The minimum absolute atomic E-state index is 0.552. The van der Waals surface area contributed by atoms with Gasteiger partial charge in [-0.1, -0.05) is 12.8 Å². The Morgan fingerprint density at radius 2 is 2.21 bits per heavy atom. The van der Waals surface area contributed by atoms with Crippen LogP contribution < -0.4 is 5.32 Å². The fourth-order valence-corrected chi connectivity index (χ4v) is 2.30. The van der Waals surface area contributed by atoms with Crippen LogP contribution in [0, 0.1) is 5.92 Å². The standard InChI is InChI=1S/C12H23NO/c1-10(9-11-4-5-11)13-7-6-12-3-2-8-14-12/h10-13H,2-9H2,1H3. The third-order valence-corrected chi connectivity index (χ3v) is 3.37. The van der Waals surface area contributed by atoms with E-state index >= 15 is 0 Å². The van der Waals surface area contributed by atoms with Gasteiger partial charge in [-0.15, -0.1) is 0 Å². The number of hydrogen-bond acceptors (Lipinski definition) is 2. The quantitative estimate of drug-likeness (QED) is 0.705. The zero-order chi connectivity index (χ0) is 9.80. The Morgan fingerprint density at radius 3 is 2.86 bits per heavy atom. The lowest BCUT2D eigenvalue weighted by Gasteiger charge is -2.15. The maximum Gasteiger partial charge on any atom is 0.0588 e. The summed E-state index contributed by atoms with van der Waals surface area (Å²) in [6.07, 6.45) is 8.62. The highest BCUT2D eigenvalue weighted by Gasteiger charge is 2.23. The minimum Gasteiger partial charge on any atom is -0.378 e. The smallest absolute Gasteiger partial charge is 0.0588 e. The molecule has 14 heavy (non-hydrogen) atoms. The number of hydrogen-bond donors (Lipinski definition) is 1. The Labute approximate surface area is 87.4 Å². The normalized spacial score (nSPS) is 29.4. The zero-order valence-electron chi connectivity index (χ0n) is 9.30. The van der Waals surface area contributed by atoms with Gasteiger partial charge in [0.1, 0.15) is 0 Å². The first kappa shape index (κ1) is 10.4. The Hall–Kier alpha value is -0.0800. The van der Waals surface area contributed by atoms with E-state index in [0.29, 0.717) is 12.1 Å². The molecule has 1 aliphatic heterocycles. The molecule has 1 saturated carbocycles. The fraction of sp³-hybridized carbons (Fsp3) is 1.00. The Balaban J connectivity index is 1.48. The van der Waals surface area contributed by atoms with Gasteiger partial charge in [0.2, 0.25) is 0 Å². The van der Waals surface area contributed by atoms with Crippen molar-refractivity contribution in [3.05, 3.63) is 0 Å². The van der Waals surface area contributed by atoms with Crippen LogP contribution in [0.25, 0.3) is 0 Å². The van der Waals surface area contributed by atoms with E-state index in [9.17, 15) is 0 Å². The van der Waals surface area contributed by atoms with Crippen LogP contribution in [0.4, 0.5) is 0 Å². The molecular formula is C12H23NO. The molecule has 0 aromatic heterocycles. The average Bonchev–Trinajstić information content (AvgIpc) is 2.82. The Kier molecular flexibility index (Phi) is 3.82. The second-order valence-electron chi connectivity index (χ2n) is 4.96. The summed E-state index contributed by atoms with van der Waals surface area (Å²) in [6, 6.07) is 0.712. The second-order valence-corrected chi connectivity index (χ2v) is 4.96. The third kappa shape index (κ3) is 3.58. The van der Waals surface area contributed by atoms with Crippen molar-refractivity contribution < 1.29 is 4.74 Å². The van der Waals surface area contributed by atoms with Crippen LogP contribution in [0.3, 0.4) is 0 Å². The molecule has 2 unspecified atom stereocenters. The van der Waals surface area contributed by atoms with E-state index in [1.165, 1.54) is 38.5 Å². The predicted octanol–water partition coefficient (Wildman–Crippen LogP) is 2.33. The highest BCUT2D eigenvalue weighted by Crippen LogP contribution is 2.33. The van der Waals surface area contributed by atoms with Crippen molar-refractivity contribution >= 4 is 0 Å². The molecule has 2 rings (SSSR count). The van der Waals surface area contributed by atoms with Gasteiger partial charge in [0.15, 0.2) is 0 Å². The highest BCUT2D eigenvalue weighted by atomic mass is 16.5. The van der Waals surface area contributed by atoms with Crippen LogP contribution >= 0.6 is 0 Å². The summed E-state index contributed by atoms with van der Waals surface area (Å²) in [5, 5.41) is 3.60. The van der Waals surface area contributed by atoms with Gasteiger partial charge in [-0.05, 0) is 45.1 Å². The second kappa shape index (κ2) is 5.13. The van der Waals surface area contributed by atoms with Gasteiger partial charge in [0, 0.05) is 12.6 Å². The predicted molar refractivity (Wildman–Crippen MR) is 58.4 cm³/mol. The summed E-state index contributed by atoms with van der Waals surface area (Å²) in [4.78, 5) is 0. The SMILES string of the molecule is CC(CC1CC1)NCCC1CCCO1. The van der Waals surface area contributed by atoms with E-state index in [4.69, 9.17) is 4.74 Å². The fourth-order valence-electron chi connectivity index (χ4n) is 2.30. The summed E-state index contributed by atoms with van der Waals surface area (Å²) in [6.45, 7) is 4.44. The first-order valence-corrected chi connectivity index (χ1v) is 6.19. The van der Waals surface area contributed by atoms with Crippen LogP contribution in [0.1, 0.15) is 45.4 Å². The summed E-state index contributed by atoms with van der Waals surface area (Å²) in [5.41, 5.74) is 0. The van der Waals surface area contributed by atoms with E-state index in [1.807, 2.05) is 0 Å². The lowest BCUT2D eigenvalue weighted by molar-refractivity contribution is 0.103. The van der Waals surface area contributed by atoms with Crippen molar-refractivity contribution in [2.24, 2.45) is 5.92 Å². The van der Waals surface area contributed by atoms with Crippen LogP contribution in [0.2, 0.25) is 0 Å². The number of nitrogens with one attached hydrogen (secondary N) is 1. The van der Waals surface area contributed by atoms with E-state index in [-0.39, 0.29) is 0 Å². The molecule has 2 aliphatic rings. The molecule has 2 fully saturated rings. The topological polar surface area (TPSA) is 21.3 Å². The molecule has 0 radical (unpaired) electrons. The first-order chi connectivity index (χ1) is 6.84. The first-order valence-electron chi connectivity index (χ1n) is 6.19. The van der Waals surface area contributed by atoms with E-state index in [1.54, 1.807) is 0 Å². The van der Waals surface area contributed by atoms with E-state index < -0.39 is 0 Å². The molecule has 0 aromatic carbocycles. The molecule has 2 nitrogen and oxygen atoms in total. The van der Waals surface area contributed by atoms with Crippen LogP contribution in [-0.4, -0.2) is 25.3 Å². The Morgan fingerprint density at radius 1 is 1.36 bits per heavy atom. The lowest BCUT2D eigenvalue weighted by atomic mass is 10.1. The van der Waals surface area contributed by atoms with Crippen LogP contribution in [0.15, 0.2) is 0 Å². The van der Waals surface area contributed by atoms with Crippen molar-refractivity contribution in [1.82, 2.24) is 5.32 Å². The molecule has 2 heteroatoms. The van der Waals surface area contributed by atoms with E-state index in [0.717, 1.165) is 19.1 Å². The molecule has 0 bridgehead atoms. The molecule has 1 saturated heterocycles. The maximum atomic E-state index is 5.59. The highest BCUT2D eigenvalue weighted by molar-refractivity contribution is 4.78. The molecule has 0 spiro atoms. The molecule has 0 aromatic rings. The van der Waals surface area contributed by atoms with E-state index in [2.05, 4.69) is 12.2 Å². The molecule has 1 N–H and O–H groups in total. The van der Waals surface area contributed by atoms with Gasteiger partial charge < -0.3 is 10.1 Å². The lowest BCUT2D eigenvalue weighted by Crippen LogP contribution is -2.29. The van der Waals surface area contributed by atoms with Gasteiger partial charge in [-0.25, -0.2) is 0 Å². The van der Waals surface area contributed by atoms with Crippen molar-refractivity contribution in [3.63, 3.8) is 0 Å². The van der Waals surface area contributed by atoms with Gasteiger partial charge >= 0.3 is 0 Å². The zero-order valence-corrected chi connectivity index (χ0v) is 9.30.